The maximum Gasteiger partial charge on any atom is 0.265 e. The smallest absolute Gasteiger partial charge is 0.265 e. The van der Waals surface area contributed by atoms with Crippen LogP contribution in [0.3, 0.4) is 0 Å². The van der Waals surface area contributed by atoms with Crippen molar-refractivity contribution < 1.29 is 32.7 Å². The van der Waals surface area contributed by atoms with Crippen molar-refractivity contribution in [3.63, 3.8) is 0 Å². The number of aliphatic carboxylic acids is 1. The van der Waals surface area contributed by atoms with Gasteiger partial charge >= 0.3 is 0 Å². The molecular weight excluding hydrogens is 470 g/mol. The Bertz CT molecular complexity index is 1480. The number of amides is 1. The molecule has 1 amide bonds. The fourth-order valence-corrected chi connectivity index (χ4v) is 8.34. The average Bonchev–Trinajstić information content (AvgIpc) is 3.12. The molecule has 0 aromatic heterocycles. The van der Waals surface area contributed by atoms with Gasteiger partial charge in [-0.05, 0) is 24.6 Å². The van der Waals surface area contributed by atoms with Gasteiger partial charge in [0.2, 0.25) is 5.91 Å². The molecule has 4 aliphatic rings. The van der Waals surface area contributed by atoms with Gasteiger partial charge in [-0.2, -0.15) is 0 Å². The summed E-state index contributed by atoms with van der Waals surface area (Å²) in [5.41, 5.74) is 2.76. The molecule has 35 heavy (non-hydrogen) atoms. The fourth-order valence-electron chi connectivity index (χ4n) is 6.67. The second kappa shape index (κ2) is 6.83. The van der Waals surface area contributed by atoms with E-state index >= 15 is 0 Å². The van der Waals surface area contributed by atoms with E-state index in [0.29, 0.717) is 16.6 Å². The van der Waals surface area contributed by atoms with Crippen molar-refractivity contribution in [1.82, 2.24) is 4.90 Å². The number of benzene rings is 2. The lowest BCUT2D eigenvalue weighted by Gasteiger charge is -2.47. The molecule has 9 nitrogen and oxygen atoms in total. The molecule has 0 radical (unpaired) electrons. The molecule has 1 saturated heterocycles. The number of anilines is 1. The van der Waals surface area contributed by atoms with Crippen LogP contribution in [-0.4, -0.2) is 67.6 Å². The lowest BCUT2D eigenvalue weighted by Crippen LogP contribution is -2.64. The Balaban J connectivity index is 1.48. The van der Waals surface area contributed by atoms with Gasteiger partial charge in [0.25, 0.3) is 10.0 Å². The standard InChI is InChI=1S/C25H27N3O6S/c1-12-16(23(25(31)32)27-22(12)19(13(2)29)24(27)30)9-26-17-7-5-14-10-28(3,4)11-15-6-8-18(35(26,33)34)21(17)20(14)15/h5-8,12-13,19,22,29H,9-11H2,1-4H3/t12-,13+,19+,22+/m0/s1. The number of carbonyl (C=O) groups excluding carboxylic acids is 2. The third-order valence-electron chi connectivity index (χ3n) is 8.13. The highest BCUT2D eigenvalue weighted by molar-refractivity contribution is 7.93. The number of carbonyl (C=O) groups is 2. The Morgan fingerprint density at radius 3 is 2.40 bits per heavy atom. The molecule has 0 spiro atoms. The van der Waals surface area contributed by atoms with E-state index in [0.717, 1.165) is 39.0 Å². The molecule has 184 valence electrons. The van der Waals surface area contributed by atoms with E-state index in [-0.39, 0.29) is 17.1 Å². The number of hydrogen-bond donors (Lipinski definition) is 1. The molecular formula is C25H27N3O6S. The summed E-state index contributed by atoms with van der Waals surface area (Å²) in [6.45, 7) is 4.65. The molecule has 2 aromatic rings. The number of hydrogen-bond acceptors (Lipinski definition) is 6. The lowest BCUT2D eigenvalue weighted by atomic mass is 9.77. The number of quaternary nitrogens is 1. The zero-order valence-electron chi connectivity index (χ0n) is 20.0. The van der Waals surface area contributed by atoms with Crippen LogP contribution >= 0.6 is 0 Å². The van der Waals surface area contributed by atoms with Gasteiger partial charge in [-0.1, -0.05) is 19.1 Å². The molecule has 0 unspecified atom stereocenters. The van der Waals surface area contributed by atoms with Crippen molar-refractivity contribution in [2.45, 2.75) is 44.0 Å². The van der Waals surface area contributed by atoms with Crippen LogP contribution in [0.15, 0.2) is 40.4 Å². The maximum absolute atomic E-state index is 13.7. The molecule has 4 aliphatic heterocycles. The van der Waals surface area contributed by atoms with E-state index < -0.39 is 45.9 Å². The SMILES string of the molecule is C[C@@H](O)[C@H]1C(=O)N2C(C(=O)[O-])=C(CN3c4ccc5c6c(ccc(c46)S3(=O)=O)C[N+](C)(C)C5)[C@H](C)[C@H]12. The number of aliphatic hydroxyl groups is 1. The van der Waals surface area contributed by atoms with Gasteiger partial charge in [-0.3, -0.25) is 9.10 Å². The molecule has 2 aromatic carbocycles. The van der Waals surface area contributed by atoms with Crippen molar-refractivity contribution in [3.8, 4) is 0 Å². The normalized spacial score (nSPS) is 28.4. The Morgan fingerprint density at radius 1 is 1.17 bits per heavy atom. The van der Waals surface area contributed by atoms with E-state index in [9.17, 15) is 28.2 Å². The second-order valence-corrected chi connectivity index (χ2v) is 12.7. The number of rotatable bonds is 4. The summed E-state index contributed by atoms with van der Waals surface area (Å²) in [4.78, 5) is 26.2. The van der Waals surface area contributed by atoms with E-state index in [1.807, 2.05) is 12.1 Å². The predicted molar refractivity (Wildman–Crippen MR) is 125 cm³/mol. The van der Waals surface area contributed by atoms with E-state index in [2.05, 4.69) is 14.1 Å². The summed E-state index contributed by atoms with van der Waals surface area (Å²) in [5.74, 6) is -3.16. The Labute approximate surface area is 203 Å². The van der Waals surface area contributed by atoms with Crippen molar-refractivity contribution in [1.29, 1.82) is 0 Å². The van der Waals surface area contributed by atoms with Crippen LogP contribution in [0.2, 0.25) is 0 Å². The highest BCUT2D eigenvalue weighted by Gasteiger charge is 2.59. The van der Waals surface area contributed by atoms with Crippen LogP contribution in [-0.2, 0) is 32.7 Å². The highest BCUT2D eigenvalue weighted by atomic mass is 32.2. The predicted octanol–water partition coefficient (Wildman–Crippen LogP) is 0.300. The van der Waals surface area contributed by atoms with Gasteiger partial charge in [-0.15, -0.1) is 0 Å². The number of nitrogens with zero attached hydrogens (tertiary/aromatic N) is 3. The lowest BCUT2D eigenvalue weighted by molar-refractivity contribution is -0.917. The first-order valence-corrected chi connectivity index (χ1v) is 13.2. The third-order valence-corrected chi connectivity index (χ3v) is 9.93. The van der Waals surface area contributed by atoms with Crippen LogP contribution in [0.1, 0.15) is 25.0 Å². The average molecular weight is 498 g/mol. The van der Waals surface area contributed by atoms with Crippen LogP contribution in [0.4, 0.5) is 5.69 Å². The van der Waals surface area contributed by atoms with E-state index in [4.69, 9.17) is 0 Å². The highest BCUT2D eigenvalue weighted by Crippen LogP contribution is 2.50. The summed E-state index contributed by atoms with van der Waals surface area (Å²) in [7, 11) is 0.343. The fraction of sp³-hybridized carbons (Fsp3) is 0.440. The molecule has 1 fully saturated rings. The van der Waals surface area contributed by atoms with Crippen molar-refractivity contribution in [2.24, 2.45) is 11.8 Å². The molecule has 1 N–H and O–H groups in total. The summed E-state index contributed by atoms with van der Waals surface area (Å²) in [5, 5.41) is 23.8. The van der Waals surface area contributed by atoms with Gasteiger partial charge in [0.1, 0.15) is 13.1 Å². The molecule has 6 rings (SSSR count). The topological polar surface area (TPSA) is 118 Å². The number of sulfonamides is 1. The van der Waals surface area contributed by atoms with Gasteiger partial charge in [0.05, 0.1) is 61.0 Å². The third kappa shape index (κ3) is 2.78. The number of β-lactam (4-membered cyclic amide) rings is 1. The quantitative estimate of drug-likeness (QED) is 0.480. The van der Waals surface area contributed by atoms with Crippen molar-refractivity contribution in [3.05, 3.63) is 46.7 Å². The Kier molecular flexibility index (Phi) is 4.40. The van der Waals surface area contributed by atoms with Gasteiger partial charge in [0, 0.05) is 27.8 Å². The largest absolute Gasteiger partial charge is 0.543 e. The van der Waals surface area contributed by atoms with Crippen molar-refractivity contribution >= 4 is 38.4 Å². The number of aliphatic hydroxyl groups excluding tert-OH is 1. The summed E-state index contributed by atoms with van der Waals surface area (Å²) in [6, 6.07) is 6.77. The van der Waals surface area contributed by atoms with Crippen LogP contribution in [0.5, 0.6) is 0 Å². The van der Waals surface area contributed by atoms with Crippen LogP contribution in [0, 0.1) is 11.8 Å². The van der Waals surface area contributed by atoms with Crippen LogP contribution < -0.4 is 9.41 Å². The minimum absolute atomic E-state index is 0.195. The Hall–Kier alpha value is -2.95. The zero-order valence-corrected chi connectivity index (χ0v) is 20.8. The summed E-state index contributed by atoms with van der Waals surface area (Å²) < 4.78 is 29.5. The van der Waals surface area contributed by atoms with Gasteiger partial charge in [0.15, 0.2) is 0 Å². The van der Waals surface area contributed by atoms with E-state index in [1.165, 1.54) is 11.2 Å². The molecule has 0 bridgehead atoms. The minimum Gasteiger partial charge on any atom is -0.543 e. The van der Waals surface area contributed by atoms with E-state index in [1.54, 1.807) is 19.1 Å². The molecule has 0 saturated carbocycles. The number of carboxylic acid groups (broad SMARTS) is 1. The number of fused-ring (bicyclic) bond motifs is 1. The second-order valence-electron chi connectivity index (χ2n) is 10.9. The maximum atomic E-state index is 13.7. The van der Waals surface area contributed by atoms with Gasteiger partial charge in [-0.25, -0.2) is 8.42 Å². The van der Waals surface area contributed by atoms with Gasteiger partial charge < -0.3 is 24.4 Å². The van der Waals surface area contributed by atoms with Crippen LogP contribution in [0.25, 0.3) is 10.8 Å². The van der Waals surface area contributed by atoms with Crippen molar-refractivity contribution in [2.75, 3.05) is 24.9 Å². The Morgan fingerprint density at radius 2 is 1.80 bits per heavy atom. The zero-order chi connectivity index (χ0) is 25.2. The first-order chi connectivity index (χ1) is 16.3. The summed E-state index contributed by atoms with van der Waals surface area (Å²) in [6.07, 6.45) is -0.938. The minimum atomic E-state index is -3.93. The first-order valence-electron chi connectivity index (χ1n) is 11.7. The summed E-state index contributed by atoms with van der Waals surface area (Å²) >= 11 is 0. The molecule has 4 heterocycles. The monoisotopic (exact) mass is 497 g/mol. The molecule has 4 atom stereocenters. The molecule has 0 aliphatic carbocycles. The molecule has 10 heteroatoms. The number of carboxylic acids is 1. The first kappa shape index (κ1) is 22.5.